The van der Waals surface area contributed by atoms with Crippen LogP contribution in [0.1, 0.15) is 44.9 Å². The lowest BCUT2D eigenvalue weighted by Crippen LogP contribution is -2.36. The maximum Gasteiger partial charge on any atom is 0.119 e. The number of hydrogen-bond acceptors (Lipinski definition) is 2. The van der Waals surface area contributed by atoms with Crippen molar-refractivity contribution < 1.29 is 0 Å². The Kier molecular flexibility index (Phi) is 5.21. The molecule has 0 bridgehead atoms. The van der Waals surface area contributed by atoms with E-state index in [1.807, 2.05) is 30.3 Å². The van der Waals surface area contributed by atoms with E-state index in [0.29, 0.717) is 5.92 Å². The molecular formula is C15H23N3. The Morgan fingerprint density at radius 2 is 1.61 bits per heavy atom. The molecular weight excluding hydrogens is 222 g/mol. The van der Waals surface area contributed by atoms with Gasteiger partial charge in [-0.2, -0.15) is 0 Å². The molecule has 0 atom stereocenters. The Labute approximate surface area is 109 Å². The molecule has 1 aliphatic rings. The van der Waals surface area contributed by atoms with Crippen LogP contribution in [0.15, 0.2) is 35.3 Å². The number of hydrazine groups is 1. The lowest BCUT2D eigenvalue weighted by molar-refractivity contribution is 0.446. The van der Waals surface area contributed by atoms with Gasteiger partial charge in [0.1, 0.15) is 5.84 Å². The number of para-hydroxylation sites is 1. The van der Waals surface area contributed by atoms with Gasteiger partial charge in [-0.25, -0.2) is 10.8 Å². The molecule has 0 heterocycles. The molecule has 3 N–H and O–H groups in total. The van der Waals surface area contributed by atoms with Crippen LogP contribution in [0.4, 0.5) is 5.69 Å². The predicted molar refractivity (Wildman–Crippen MR) is 76.7 cm³/mol. The van der Waals surface area contributed by atoms with Crippen LogP contribution in [0.2, 0.25) is 0 Å². The highest BCUT2D eigenvalue weighted by Gasteiger charge is 2.16. The van der Waals surface area contributed by atoms with Gasteiger partial charge in [-0.3, -0.25) is 0 Å². The molecule has 0 spiro atoms. The Balaban J connectivity index is 2.08. The van der Waals surface area contributed by atoms with Crippen LogP contribution in [0.25, 0.3) is 0 Å². The highest BCUT2D eigenvalue weighted by molar-refractivity contribution is 5.86. The summed E-state index contributed by atoms with van der Waals surface area (Å²) in [5.74, 6) is 7.10. The van der Waals surface area contributed by atoms with Crippen molar-refractivity contribution in [2.45, 2.75) is 44.9 Å². The third-order valence-corrected chi connectivity index (χ3v) is 3.65. The largest absolute Gasteiger partial charge is 0.312 e. The van der Waals surface area contributed by atoms with E-state index in [-0.39, 0.29) is 0 Å². The molecule has 0 aliphatic heterocycles. The maximum absolute atomic E-state index is 5.66. The number of benzene rings is 1. The molecule has 98 valence electrons. The maximum atomic E-state index is 5.66. The smallest absolute Gasteiger partial charge is 0.119 e. The molecule has 18 heavy (non-hydrogen) atoms. The van der Waals surface area contributed by atoms with Crippen LogP contribution in [-0.2, 0) is 0 Å². The van der Waals surface area contributed by atoms with Crippen molar-refractivity contribution in [1.82, 2.24) is 5.43 Å². The number of nitrogens with one attached hydrogen (secondary N) is 1. The summed E-state index contributed by atoms with van der Waals surface area (Å²) in [6, 6.07) is 10.0. The van der Waals surface area contributed by atoms with Crippen LogP contribution in [-0.4, -0.2) is 5.84 Å². The zero-order valence-electron chi connectivity index (χ0n) is 10.9. The van der Waals surface area contributed by atoms with Crippen LogP contribution in [0, 0.1) is 5.92 Å². The number of hydrogen-bond donors (Lipinski definition) is 2. The van der Waals surface area contributed by atoms with Gasteiger partial charge in [-0.05, 0) is 25.0 Å². The minimum atomic E-state index is 0.496. The second-order valence-electron chi connectivity index (χ2n) is 5.02. The number of nitrogens with two attached hydrogens (primary N) is 1. The lowest BCUT2D eigenvalue weighted by atomic mass is 9.90. The van der Waals surface area contributed by atoms with Crippen LogP contribution >= 0.6 is 0 Å². The molecule has 3 heteroatoms. The molecule has 0 aromatic heterocycles. The summed E-state index contributed by atoms with van der Waals surface area (Å²) in [5, 5.41) is 0. The first-order valence-electron chi connectivity index (χ1n) is 7.00. The van der Waals surface area contributed by atoms with Crippen molar-refractivity contribution in [2.75, 3.05) is 0 Å². The number of aliphatic imine (C=N–C) groups is 1. The summed E-state index contributed by atoms with van der Waals surface area (Å²) in [6.45, 7) is 0. The van der Waals surface area contributed by atoms with Crippen molar-refractivity contribution in [3.8, 4) is 0 Å². The summed E-state index contributed by atoms with van der Waals surface area (Å²) in [5.41, 5.74) is 3.80. The monoisotopic (exact) mass is 245 g/mol. The molecule has 0 saturated heterocycles. The van der Waals surface area contributed by atoms with Crippen molar-refractivity contribution in [3.63, 3.8) is 0 Å². The summed E-state index contributed by atoms with van der Waals surface area (Å²) in [7, 11) is 0. The Morgan fingerprint density at radius 3 is 2.22 bits per heavy atom. The van der Waals surface area contributed by atoms with Gasteiger partial charge in [0.25, 0.3) is 0 Å². The molecule has 0 radical (unpaired) electrons. The Morgan fingerprint density at radius 1 is 1.00 bits per heavy atom. The molecule has 0 amide bonds. The van der Waals surface area contributed by atoms with E-state index in [2.05, 4.69) is 10.4 Å². The first kappa shape index (κ1) is 13.1. The van der Waals surface area contributed by atoms with Gasteiger partial charge >= 0.3 is 0 Å². The van der Waals surface area contributed by atoms with E-state index in [1.54, 1.807) is 0 Å². The molecule has 1 saturated carbocycles. The lowest BCUT2D eigenvalue weighted by Gasteiger charge is -2.21. The minimum Gasteiger partial charge on any atom is -0.312 e. The molecule has 2 rings (SSSR count). The summed E-state index contributed by atoms with van der Waals surface area (Å²) < 4.78 is 0. The average Bonchev–Trinajstić information content (AvgIpc) is 2.37. The third-order valence-electron chi connectivity index (χ3n) is 3.65. The standard InChI is InChI=1S/C15H23N3/c16-18-15(17-14-11-7-4-8-12-14)13-9-5-2-1-3-6-10-13/h4,7-8,11-13H,1-3,5-6,9-10,16H2,(H,17,18). The molecule has 1 aliphatic carbocycles. The van der Waals surface area contributed by atoms with E-state index in [0.717, 1.165) is 11.5 Å². The normalized spacial score (nSPS) is 19.1. The molecule has 1 fully saturated rings. The molecule has 1 aromatic carbocycles. The highest BCUT2D eigenvalue weighted by Crippen LogP contribution is 2.24. The minimum absolute atomic E-state index is 0.496. The summed E-state index contributed by atoms with van der Waals surface area (Å²) in [6.07, 6.45) is 9.07. The van der Waals surface area contributed by atoms with Gasteiger partial charge in [0.2, 0.25) is 0 Å². The van der Waals surface area contributed by atoms with Gasteiger partial charge in [0, 0.05) is 5.92 Å². The summed E-state index contributed by atoms with van der Waals surface area (Å²) >= 11 is 0. The SMILES string of the molecule is NNC(=Nc1ccccc1)C1CCCCCCC1. The van der Waals surface area contributed by atoms with Crippen molar-refractivity contribution >= 4 is 11.5 Å². The zero-order chi connectivity index (χ0) is 12.6. The van der Waals surface area contributed by atoms with Crippen molar-refractivity contribution in [1.29, 1.82) is 0 Å². The number of rotatable bonds is 2. The fourth-order valence-corrected chi connectivity index (χ4v) is 2.61. The molecule has 1 aromatic rings. The third kappa shape index (κ3) is 3.84. The first-order chi connectivity index (χ1) is 8.90. The van der Waals surface area contributed by atoms with Crippen molar-refractivity contribution in [2.24, 2.45) is 16.8 Å². The molecule has 3 nitrogen and oxygen atoms in total. The second-order valence-corrected chi connectivity index (χ2v) is 5.02. The van der Waals surface area contributed by atoms with Gasteiger partial charge in [-0.15, -0.1) is 0 Å². The topological polar surface area (TPSA) is 50.4 Å². The average molecular weight is 245 g/mol. The van der Waals surface area contributed by atoms with E-state index >= 15 is 0 Å². The van der Waals surface area contributed by atoms with E-state index in [9.17, 15) is 0 Å². The Hall–Kier alpha value is -1.35. The van der Waals surface area contributed by atoms with E-state index in [4.69, 9.17) is 5.84 Å². The van der Waals surface area contributed by atoms with E-state index in [1.165, 1.54) is 44.9 Å². The quantitative estimate of drug-likeness (QED) is 0.362. The van der Waals surface area contributed by atoms with E-state index < -0.39 is 0 Å². The first-order valence-corrected chi connectivity index (χ1v) is 7.00. The van der Waals surface area contributed by atoms with Crippen molar-refractivity contribution in [3.05, 3.63) is 30.3 Å². The predicted octanol–water partition coefficient (Wildman–Crippen LogP) is 3.54. The fraction of sp³-hybridized carbons (Fsp3) is 0.533. The van der Waals surface area contributed by atoms with Gasteiger partial charge in [-0.1, -0.05) is 50.3 Å². The fourth-order valence-electron chi connectivity index (χ4n) is 2.61. The van der Waals surface area contributed by atoms with Gasteiger partial charge in [0.05, 0.1) is 5.69 Å². The number of nitrogens with zero attached hydrogens (tertiary/aromatic N) is 1. The summed E-state index contributed by atoms with van der Waals surface area (Å²) in [4.78, 5) is 4.65. The van der Waals surface area contributed by atoms with Crippen LogP contribution in [0.3, 0.4) is 0 Å². The van der Waals surface area contributed by atoms with Gasteiger partial charge in [0.15, 0.2) is 0 Å². The molecule has 0 unspecified atom stereocenters. The number of amidine groups is 1. The zero-order valence-corrected chi connectivity index (χ0v) is 10.9. The highest BCUT2D eigenvalue weighted by atomic mass is 15.3. The second kappa shape index (κ2) is 7.17. The van der Waals surface area contributed by atoms with Gasteiger partial charge < -0.3 is 5.43 Å². The van der Waals surface area contributed by atoms with Crippen LogP contribution in [0.5, 0.6) is 0 Å². The van der Waals surface area contributed by atoms with Crippen LogP contribution < -0.4 is 11.3 Å². The Bertz CT molecular complexity index is 365.